The first-order valence-corrected chi connectivity index (χ1v) is 5.86. The molecule has 2 N–H and O–H groups in total. The SMILES string of the molecule is CCOS(C)(=O)=O.CN(N=O)C(=N)N[N+](=O)[O-]. The van der Waals surface area contributed by atoms with Crippen molar-refractivity contribution in [2.45, 2.75) is 6.92 Å². The lowest BCUT2D eigenvalue weighted by Gasteiger charge is -2.04. The predicted octanol–water partition coefficient (Wildman–Crippen LogP) is -0.702. The number of rotatable bonds is 4. The summed E-state index contributed by atoms with van der Waals surface area (Å²) in [6, 6.07) is 0. The van der Waals surface area contributed by atoms with E-state index in [0.29, 0.717) is 5.01 Å². The number of hydrazine groups is 1. The maximum absolute atomic E-state index is 10.0. The van der Waals surface area contributed by atoms with E-state index >= 15 is 0 Å². The fraction of sp³-hybridized carbons (Fsp3) is 0.800. The fourth-order valence-electron chi connectivity index (χ4n) is 0.414. The van der Waals surface area contributed by atoms with Crippen LogP contribution in [0.25, 0.3) is 0 Å². The molecule has 0 aliphatic rings. The normalized spacial score (nSPS) is 9.59. The van der Waals surface area contributed by atoms with Crippen molar-refractivity contribution in [3.8, 4) is 0 Å². The van der Waals surface area contributed by atoms with E-state index < -0.39 is 21.1 Å². The van der Waals surface area contributed by atoms with E-state index in [1.807, 2.05) is 0 Å². The van der Waals surface area contributed by atoms with Gasteiger partial charge in [0.2, 0.25) is 0 Å². The molecule has 0 spiro atoms. The van der Waals surface area contributed by atoms with Gasteiger partial charge in [-0.25, -0.2) is 10.1 Å². The molecule has 0 aliphatic heterocycles. The molecule has 12 heteroatoms. The molecule has 0 atom stereocenters. The summed E-state index contributed by atoms with van der Waals surface area (Å²) in [5.74, 6) is -0.681. The van der Waals surface area contributed by atoms with E-state index in [2.05, 4.69) is 9.47 Å². The Hall–Kier alpha value is -1.82. The third-order valence-electron chi connectivity index (χ3n) is 0.975. The Bertz CT molecular complexity index is 367. The van der Waals surface area contributed by atoms with E-state index in [1.54, 1.807) is 6.92 Å². The number of nitrogens with zero attached hydrogens (tertiary/aromatic N) is 3. The summed E-state index contributed by atoms with van der Waals surface area (Å²) in [4.78, 5) is 19.2. The lowest BCUT2D eigenvalue weighted by Crippen LogP contribution is -2.38. The number of hydrogen-bond donors (Lipinski definition) is 2. The van der Waals surface area contributed by atoms with Gasteiger partial charge < -0.3 is 0 Å². The monoisotopic (exact) mass is 271 g/mol. The second-order valence-corrected chi connectivity index (χ2v) is 4.08. The van der Waals surface area contributed by atoms with Crippen LogP contribution in [-0.4, -0.2) is 44.3 Å². The molecule has 0 fully saturated rings. The topological polar surface area (TPSA) is 155 Å². The molecule has 0 heterocycles. The summed E-state index contributed by atoms with van der Waals surface area (Å²) in [5.41, 5.74) is 1.43. The molecule has 0 saturated carbocycles. The fourth-order valence-corrected chi connectivity index (χ4v) is 0.842. The Kier molecular flexibility index (Phi) is 8.63. The first kappa shape index (κ1) is 17.6. The Morgan fingerprint density at radius 1 is 1.65 bits per heavy atom. The molecular weight excluding hydrogens is 258 g/mol. The number of hydrogen-bond acceptors (Lipinski definition) is 8. The van der Waals surface area contributed by atoms with Crippen LogP contribution in [0.1, 0.15) is 6.92 Å². The molecule has 0 aromatic heterocycles. The summed E-state index contributed by atoms with van der Waals surface area (Å²) < 4.78 is 24.2. The van der Waals surface area contributed by atoms with Gasteiger partial charge >= 0.3 is 0 Å². The van der Waals surface area contributed by atoms with Crippen molar-refractivity contribution < 1.29 is 17.6 Å². The van der Waals surface area contributed by atoms with Crippen molar-refractivity contribution in [1.29, 1.82) is 5.41 Å². The summed E-state index contributed by atoms with van der Waals surface area (Å²) in [7, 11) is -2.06. The molecule has 11 nitrogen and oxygen atoms in total. The van der Waals surface area contributed by atoms with E-state index in [0.717, 1.165) is 13.3 Å². The zero-order valence-corrected chi connectivity index (χ0v) is 10.2. The minimum absolute atomic E-state index is 0.221. The van der Waals surface area contributed by atoms with E-state index in [-0.39, 0.29) is 6.61 Å². The van der Waals surface area contributed by atoms with Crippen molar-refractivity contribution >= 4 is 16.1 Å². The third kappa shape index (κ3) is 14.2. The molecule has 100 valence electrons. The average Bonchev–Trinajstić information content (AvgIpc) is 2.14. The first-order valence-electron chi connectivity index (χ1n) is 4.05. The Morgan fingerprint density at radius 3 is 2.29 bits per heavy atom. The van der Waals surface area contributed by atoms with Gasteiger partial charge in [-0.05, 0) is 6.92 Å². The Morgan fingerprint density at radius 2 is 2.12 bits per heavy atom. The van der Waals surface area contributed by atoms with Gasteiger partial charge in [-0.1, -0.05) is 5.43 Å². The van der Waals surface area contributed by atoms with E-state index in [4.69, 9.17) is 5.41 Å². The number of guanidine groups is 1. The van der Waals surface area contributed by atoms with Crippen molar-refractivity contribution in [2.24, 2.45) is 5.29 Å². The van der Waals surface area contributed by atoms with Gasteiger partial charge in [0.1, 0.15) is 0 Å². The van der Waals surface area contributed by atoms with Gasteiger partial charge in [-0.2, -0.15) is 13.4 Å². The maximum atomic E-state index is 10.0. The van der Waals surface area contributed by atoms with Gasteiger partial charge in [0, 0.05) is 7.05 Å². The minimum Gasteiger partial charge on any atom is -0.271 e. The largest absolute Gasteiger partial charge is 0.276 e. The summed E-state index contributed by atoms with van der Waals surface area (Å²) in [6.45, 7) is 1.85. The van der Waals surface area contributed by atoms with Crippen LogP contribution in [0.5, 0.6) is 0 Å². The van der Waals surface area contributed by atoms with Crippen molar-refractivity contribution in [3.05, 3.63) is 15.0 Å². The first-order chi connectivity index (χ1) is 7.64. The van der Waals surface area contributed by atoms with Crippen LogP contribution in [0.2, 0.25) is 0 Å². The molecule has 17 heavy (non-hydrogen) atoms. The predicted molar refractivity (Wildman–Crippen MR) is 57.9 cm³/mol. The van der Waals surface area contributed by atoms with Crippen LogP contribution >= 0.6 is 0 Å². The van der Waals surface area contributed by atoms with Crippen LogP contribution in [0.3, 0.4) is 0 Å². The average molecular weight is 271 g/mol. The lowest BCUT2D eigenvalue weighted by molar-refractivity contribution is -0.526. The van der Waals surface area contributed by atoms with E-state index in [9.17, 15) is 23.4 Å². The van der Waals surface area contributed by atoms with Crippen LogP contribution in [0.15, 0.2) is 5.29 Å². The van der Waals surface area contributed by atoms with Gasteiger partial charge in [0.25, 0.3) is 16.1 Å². The van der Waals surface area contributed by atoms with Crippen molar-refractivity contribution in [2.75, 3.05) is 19.9 Å². The lowest BCUT2D eigenvalue weighted by atomic mass is 10.9. The molecular formula is C5H13N5O6S. The molecule has 0 aliphatic carbocycles. The standard InChI is InChI=1S/C3H8O3S.C2H5N5O3/c1-3-6-7(2,4)5;1-6(5-8)2(3)4-7(9)10/h3H2,1-2H3;1H3,(H2,3,4). The smallest absolute Gasteiger partial charge is 0.271 e. The number of nitroso groups, excluding NO2 is 1. The quantitative estimate of drug-likeness (QED) is 0.170. The van der Waals surface area contributed by atoms with Gasteiger partial charge in [-0.15, -0.1) is 4.91 Å². The van der Waals surface area contributed by atoms with Crippen molar-refractivity contribution in [3.63, 3.8) is 0 Å². The Labute approximate surface area is 97.4 Å². The number of nitrogens with one attached hydrogen (secondary N) is 2. The summed E-state index contributed by atoms with van der Waals surface area (Å²) in [6.07, 6.45) is 1.02. The molecule has 0 amide bonds. The second-order valence-electron chi connectivity index (χ2n) is 2.43. The minimum atomic E-state index is -3.17. The van der Waals surface area contributed by atoms with Gasteiger partial charge in [0.15, 0.2) is 5.03 Å². The highest BCUT2D eigenvalue weighted by atomic mass is 32.2. The molecule has 0 bridgehead atoms. The highest BCUT2D eigenvalue weighted by Crippen LogP contribution is 1.82. The van der Waals surface area contributed by atoms with Crippen LogP contribution in [-0.2, 0) is 14.3 Å². The zero-order chi connectivity index (χ0) is 14.1. The molecule has 0 radical (unpaired) electrons. The summed E-state index contributed by atoms with van der Waals surface area (Å²) >= 11 is 0. The Balaban J connectivity index is 0. The van der Waals surface area contributed by atoms with Crippen LogP contribution in [0.4, 0.5) is 0 Å². The highest BCUT2D eigenvalue weighted by Gasteiger charge is 2.07. The van der Waals surface area contributed by atoms with Crippen LogP contribution < -0.4 is 5.43 Å². The maximum Gasteiger partial charge on any atom is 0.276 e. The highest BCUT2D eigenvalue weighted by molar-refractivity contribution is 7.85. The van der Waals surface area contributed by atoms with E-state index in [1.165, 1.54) is 5.43 Å². The van der Waals surface area contributed by atoms with Gasteiger partial charge in [0.05, 0.1) is 18.1 Å². The molecule has 0 rings (SSSR count). The van der Waals surface area contributed by atoms with Gasteiger partial charge in [-0.3, -0.25) is 9.59 Å². The second kappa shape index (κ2) is 8.35. The van der Waals surface area contributed by atoms with Crippen LogP contribution in [0, 0.1) is 20.4 Å². The number of nitro groups is 1. The molecule has 0 aromatic rings. The molecule has 0 aromatic carbocycles. The van der Waals surface area contributed by atoms with Crippen molar-refractivity contribution in [1.82, 2.24) is 10.4 Å². The summed E-state index contributed by atoms with van der Waals surface area (Å²) in [5, 5.41) is 18.1. The molecule has 0 unspecified atom stereocenters. The zero-order valence-electron chi connectivity index (χ0n) is 9.41. The third-order valence-corrected chi connectivity index (χ3v) is 1.64. The molecule has 0 saturated heterocycles.